The number of hydroxylamine groups is 1. The molecule has 0 unspecified atom stereocenters. The van der Waals surface area contributed by atoms with Gasteiger partial charge in [-0.25, -0.2) is 0 Å². The highest BCUT2D eigenvalue weighted by atomic mass is 16.5. The van der Waals surface area contributed by atoms with Crippen LogP contribution in [0, 0.1) is 0 Å². The number of hydrogen-bond donors (Lipinski definition) is 2. The third-order valence-electron chi connectivity index (χ3n) is 1.61. The van der Waals surface area contributed by atoms with Gasteiger partial charge in [0.1, 0.15) is 5.84 Å². The van der Waals surface area contributed by atoms with Crippen LogP contribution in [0.3, 0.4) is 0 Å². The summed E-state index contributed by atoms with van der Waals surface area (Å²) in [5, 5.41) is 8.61. The van der Waals surface area contributed by atoms with Gasteiger partial charge in [-0.15, -0.1) is 0 Å². The maximum atomic E-state index is 8.61. The Bertz CT molecular complexity index is 256. The lowest BCUT2D eigenvalue weighted by atomic mass is 10.1. The van der Waals surface area contributed by atoms with E-state index in [2.05, 4.69) is 10.5 Å². The standard InChI is InChI=1S/C9H12N2O/c1-10-9(11-12)7-8-5-3-2-4-6-8/h2-6,12H,7H2,1H3,(H,10,11). The van der Waals surface area contributed by atoms with Crippen LogP contribution in [-0.2, 0) is 6.42 Å². The number of rotatable bonds is 2. The molecule has 1 aromatic carbocycles. The molecule has 0 atom stereocenters. The molecule has 0 aliphatic rings. The summed E-state index contributed by atoms with van der Waals surface area (Å²) < 4.78 is 0. The van der Waals surface area contributed by atoms with E-state index in [4.69, 9.17) is 5.21 Å². The molecule has 1 aromatic rings. The summed E-state index contributed by atoms with van der Waals surface area (Å²) in [4.78, 5) is 3.86. The Hall–Kier alpha value is -1.35. The van der Waals surface area contributed by atoms with Crippen molar-refractivity contribution >= 4 is 5.84 Å². The van der Waals surface area contributed by atoms with Crippen LogP contribution in [0.2, 0.25) is 0 Å². The highest BCUT2D eigenvalue weighted by Gasteiger charge is 1.96. The first-order valence-electron chi connectivity index (χ1n) is 3.76. The fourth-order valence-electron chi connectivity index (χ4n) is 0.958. The van der Waals surface area contributed by atoms with E-state index >= 15 is 0 Å². The third kappa shape index (κ3) is 2.36. The van der Waals surface area contributed by atoms with Gasteiger partial charge in [0.2, 0.25) is 0 Å². The van der Waals surface area contributed by atoms with Crippen LogP contribution in [0.5, 0.6) is 0 Å². The minimum Gasteiger partial charge on any atom is -0.290 e. The van der Waals surface area contributed by atoms with E-state index in [1.807, 2.05) is 30.3 Å². The van der Waals surface area contributed by atoms with E-state index in [1.54, 1.807) is 7.05 Å². The van der Waals surface area contributed by atoms with Crippen LogP contribution in [0.4, 0.5) is 0 Å². The largest absolute Gasteiger partial charge is 0.290 e. The lowest BCUT2D eigenvalue weighted by Crippen LogP contribution is -2.21. The first-order chi connectivity index (χ1) is 5.86. The Morgan fingerprint density at radius 1 is 1.42 bits per heavy atom. The topological polar surface area (TPSA) is 44.6 Å². The zero-order chi connectivity index (χ0) is 8.81. The van der Waals surface area contributed by atoms with Crippen molar-refractivity contribution < 1.29 is 5.21 Å². The molecular weight excluding hydrogens is 152 g/mol. The molecule has 0 aliphatic heterocycles. The molecule has 0 radical (unpaired) electrons. The van der Waals surface area contributed by atoms with Gasteiger partial charge in [-0.1, -0.05) is 30.3 Å². The molecule has 0 spiro atoms. The van der Waals surface area contributed by atoms with Crippen LogP contribution in [0.15, 0.2) is 35.3 Å². The fraction of sp³-hybridized carbons (Fsp3) is 0.222. The van der Waals surface area contributed by atoms with Crippen molar-refractivity contribution in [1.82, 2.24) is 5.48 Å². The molecule has 0 bridgehead atoms. The molecule has 3 nitrogen and oxygen atoms in total. The van der Waals surface area contributed by atoms with Gasteiger partial charge in [0.15, 0.2) is 0 Å². The summed E-state index contributed by atoms with van der Waals surface area (Å²) in [5.41, 5.74) is 3.17. The van der Waals surface area contributed by atoms with Crippen LogP contribution in [-0.4, -0.2) is 18.1 Å². The maximum Gasteiger partial charge on any atom is 0.124 e. The Morgan fingerprint density at radius 2 is 2.08 bits per heavy atom. The second kappa shape index (κ2) is 4.51. The molecular formula is C9H12N2O. The summed E-state index contributed by atoms with van der Waals surface area (Å²) in [6, 6.07) is 9.85. The number of amidine groups is 1. The monoisotopic (exact) mass is 164 g/mol. The van der Waals surface area contributed by atoms with E-state index in [1.165, 1.54) is 0 Å². The molecule has 0 aromatic heterocycles. The van der Waals surface area contributed by atoms with Crippen molar-refractivity contribution in [1.29, 1.82) is 0 Å². The van der Waals surface area contributed by atoms with Gasteiger partial charge in [0, 0.05) is 13.5 Å². The Balaban J connectivity index is 2.64. The molecule has 3 heteroatoms. The van der Waals surface area contributed by atoms with Gasteiger partial charge in [-0.2, -0.15) is 0 Å². The van der Waals surface area contributed by atoms with Crippen molar-refractivity contribution in [2.45, 2.75) is 6.42 Å². The summed E-state index contributed by atoms with van der Waals surface area (Å²) in [6.45, 7) is 0. The first-order valence-corrected chi connectivity index (χ1v) is 3.76. The highest BCUT2D eigenvalue weighted by Crippen LogP contribution is 1.99. The van der Waals surface area contributed by atoms with Gasteiger partial charge in [0.25, 0.3) is 0 Å². The van der Waals surface area contributed by atoms with Gasteiger partial charge in [-0.05, 0) is 5.56 Å². The third-order valence-corrected chi connectivity index (χ3v) is 1.61. The maximum absolute atomic E-state index is 8.61. The van der Waals surface area contributed by atoms with Gasteiger partial charge in [0.05, 0.1) is 0 Å². The summed E-state index contributed by atoms with van der Waals surface area (Å²) in [7, 11) is 1.64. The Labute approximate surface area is 71.7 Å². The second-order valence-electron chi connectivity index (χ2n) is 2.44. The molecule has 12 heavy (non-hydrogen) atoms. The fourth-order valence-corrected chi connectivity index (χ4v) is 0.958. The Morgan fingerprint density at radius 3 is 2.58 bits per heavy atom. The summed E-state index contributed by atoms with van der Waals surface area (Å²) >= 11 is 0. The number of benzene rings is 1. The van der Waals surface area contributed by atoms with Gasteiger partial charge >= 0.3 is 0 Å². The number of nitrogens with one attached hydrogen (secondary N) is 1. The Kier molecular flexibility index (Phi) is 3.29. The van der Waals surface area contributed by atoms with Crippen LogP contribution in [0.1, 0.15) is 5.56 Å². The molecule has 0 fully saturated rings. The van der Waals surface area contributed by atoms with Crippen molar-refractivity contribution in [3.05, 3.63) is 35.9 Å². The number of hydrogen-bond acceptors (Lipinski definition) is 2. The average Bonchev–Trinajstić information content (AvgIpc) is 2.16. The van der Waals surface area contributed by atoms with Crippen molar-refractivity contribution in [2.24, 2.45) is 4.99 Å². The van der Waals surface area contributed by atoms with Crippen molar-refractivity contribution in [3.8, 4) is 0 Å². The highest BCUT2D eigenvalue weighted by molar-refractivity contribution is 5.83. The van der Waals surface area contributed by atoms with Crippen LogP contribution in [0.25, 0.3) is 0 Å². The predicted octanol–water partition coefficient (Wildman–Crippen LogP) is 1.24. The molecule has 0 amide bonds. The summed E-state index contributed by atoms with van der Waals surface area (Å²) in [5.74, 6) is 0.571. The van der Waals surface area contributed by atoms with E-state index in [9.17, 15) is 0 Å². The van der Waals surface area contributed by atoms with E-state index < -0.39 is 0 Å². The van der Waals surface area contributed by atoms with Gasteiger partial charge in [-0.3, -0.25) is 15.7 Å². The molecule has 1 rings (SSSR count). The molecule has 2 N–H and O–H groups in total. The lowest BCUT2D eigenvalue weighted by Gasteiger charge is -2.02. The molecule has 0 heterocycles. The zero-order valence-corrected chi connectivity index (χ0v) is 6.99. The molecule has 64 valence electrons. The smallest absolute Gasteiger partial charge is 0.124 e. The van der Waals surface area contributed by atoms with E-state index in [-0.39, 0.29) is 0 Å². The van der Waals surface area contributed by atoms with Crippen molar-refractivity contribution in [3.63, 3.8) is 0 Å². The zero-order valence-electron chi connectivity index (χ0n) is 6.99. The quantitative estimate of drug-likeness (QED) is 0.392. The molecule has 0 saturated carbocycles. The van der Waals surface area contributed by atoms with E-state index in [0.29, 0.717) is 12.3 Å². The number of nitrogens with zero attached hydrogens (tertiary/aromatic N) is 1. The van der Waals surface area contributed by atoms with E-state index in [0.717, 1.165) is 5.56 Å². The normalized spacial score (nSPS) is 11.3. The summed E-state index contributed by atoms with van der Waals surface area (Å²) in [6.07, 6.45) is 0.633. The minimum absolute atomic E-state index is 0.571. The van der Waals surface area contributed by atoms with Crippen molar-refractivity contribution in [2.75, 3.05) is 7.05 Å². The second-order valence-corrected chi connectivity index (χ2v) is 2.44. The average molecular weight is 164 g/mol. The SMILES string of the molecule is CN=C(Cc1ccccc1)NO. The number of aliphatic imine (C=N–C) groups is 1. The first kappa shape index (κ1) is 8.74. The molecule has 0 aliphatic carbocycles. The van der Waals surface area contributed by atoms with Crippen LogP contribution >= 0.6 is 0 Å². The predicted molar refractivity (Wildman–Crippen MR) is 48.4 cm³/mol. The minimum atomic E-state index is 0.571. The van der Waals surface area contributed by atoms with Crippen LogP contribution < -0.4 is 5.48 Å². The lowest BCUT2D eigenvalue weighted by molar-refractivity contribution is 0.232. The van der Waals surface area contributed by atoms with Gasteiger partial charge < -0.3 is 0 Å². The molecule has 0 saturated heterocycles.